The SMILES string of the molecule is O=C(Nc1ccccc1)N1CCCCC1c1nc(C2CC2)n[nH]1. The van der Waals surface area contributed by atoms with Gasteiger partial charge in [0.25, 0.3) is 0 Å². The number of likely N-dealkylation sites (tertiary alicyclic amines) is 1. The molecule has 1 saturated carbocycles. The van der Waals surface area contributed by atoms with Crippen LogP contribution in [0, 0.1) is 0 Å². The van der Waals surface area contributed by atoms with Gasteiger partial charge in [0.15, 0.2) is 5.82 Å². The molecule has 2 aliphatic rings. The average Bonchev–Trinajstić information content (AvgIpc) is 3.33. The van der Waals surface area contributed by atoms with Crippen LogP contribution in [0.3, 0.4) is 0 Å². The molecule has 2 amide bonds. The summed E-state index contributed by atoms with van der Waals surface area (Å²) < 4.78 is 0. The number of carbonyl (C=O) groups excluding carboxylic acids is 1. The predicted octanol–water partition coefficient (Wildman–Crippen LogP) is 3.44. The van der Waals surface area contributed by atoms with E-state index in [4.69, 9.17) is 0 Å². The van der Waals surface area contributed by atoms with Gasteiger partial charge in [-0.15, -0.1) is 0 Å². The molecule has 1 unspecified atom stereocenters. The summed E-state index contributed by atoms with van der Waals surface area (Å²) in [6.07, 6.45) is 5.43. The lowest BCUT2D eigenvalue weighted by atomic mass is 10.0. The number of hydrogen-bond acceptors (Lipinski definition) is 3. The minimum atomic E-state index is -0.0646. The van der Waals surface area contributed by atoms with Gasteiger partial charge in [-0.25, -0.2) is 9.78 Å². The molecular formula is C17H21N5O. The predicted molar refractivity (Wildman–Crippen MR) is 87.1 cm³/mol. The molecule has 2 aromatic rings. The van der Waals surface area contributed by atoms with Crippen molar-refractivity contribution in [2.75, 3.05) is 11.9 Å². The Morgan fingerprint density at radius 3 is 2.78 bits per heavy atom. The Bertz CT molecular complexity index is 679. The number of nitrogens with zero attached hydrogens (tertiary/aromatic N) is 3. The first-order chi connectivity index (χ1) is 11.3. The summed E-state index contributed by atoms with van der Waals surface area (Å²) in [6, 6.07) is 9.50. The van der Waals surface area contributed by atoms with Crippen molar-refractivity contribution < 1.29 is 4.79 Å². The fraction of sp³-hybridized carbons (Fsp3) is 0.471. The van der Waals surface area contributed by atoms with Crippen LogP contribution in [0.4, 0.5) is 10.5 Å². The molecule has 1 aliphatic heterocycles. The highest BCUT2D eigenvalue weighted by atomic mass is 16.2. The van der Waals surface area contributed by atoms with E-state index in [1.807, 2.05) is 35.2 Å². The van der Waals surface area contributed by atoms with Gasteiger partial charge in [0.05, 0.1) is 6.04 Å². The topological polar surface area (TPSA) is 73.9 Å². The van der Waals surface area contributed by atoms with Crippen LogP contribution in [0.5, 0.6) is 0 Å². The zero-order valence-corrected chi connectivity index (χ0v) is 13.0. The largest absolute Gasteiger partial charge is 0.322 e. The Kier molecular flexibility index (Phi) is 3.73. The number of urea groups is 1. The molecule has 1 aromatic carbocycles. The van der Waals surface area contributed by atoms with Gasteiger partial charge in [-0.3, -0.25) is 5.10 Å². The number of aromatic amines is 1. The number of anilines is 1. The van der Waals surface area contributed by atoms with Crippen molar-refractivity contribution in [3.05, 3.63) is 42.0 Å². The number of amides is 2. The minimum Gasteiger partial charge on any atom is -0.314 e. The van der Waals surface area contributed by atoms with Crippen LogP contribution in [0.15, 0.2) is 30.3 Å². The Morgan fingerprint density at radius 2 is 2.00 bits per heavy atom. The first kappa shape index (κ1) is 14.2. The van der Waals surface area contributed by atoms with Gasteiger partial charge >= 0.3 is 6.03 Å². The Balaban J connectivity index is 1.51. The third-order valence-corrected chi connectivity index (χ3v) is 4.57. The number of benzene rings is 1. The zero-order valence-electron chi connectivity index (χ0n) is 13.0. The number of aromatic nitrogens is 3. The van der Waals surface area contributed by atoms with E-state index in [0.717, 1.165) is 43.1 Å². The van der Waals surface area contributed by atoms with Crippen LogP contribution in [0.2, 0.25) is 0 Å². The standard InChI is InChI=1S/C17H21N5O/c23-17(18-13-6-2-1-3-7-13)22-11-5-4-8-14(22)16-19-15(20-21-16)12-9-10-12/h1-3,6-7,12,14H,4-5,8-11H2,(H,18,23)(H,19,20,21). The monoisotopic (exact) mass is 311 g/mol. The van der Waals surface area contributed by atoms with Crippen LogP contribution in [-0.4, -0.2) is 32.7 Å². The molecule has 4 rings (SSSR count). The Labute approximate surface area is 135 Å². The minimum absolute atomic E-state index is 0.00698. The van der Waals surface area contributed by atoms with E-state index < -0.39 is 0 Å². The van der Waals surface area contributed by atoms with E-state index in [1.165, 1.54) is 12.8 Å². The maximum atomic E-state index is 12.7. The molecule has 1 saturated heterocycles. The zero-order chi connectivity index (χ0) is 15.6. The van der Waals surface area contributed by atoms with Crippen molar-refractivity contribution in [2.24, 2.45) is 0 Å². The van der Waals surface area contributed by atoms with Gasteiger partial charge in [-0.2, -0.15) is 5.10 Å². The molecule has 0 spiro atoms. The van der Waals surface area contributed by atoms with Gasteiger partial charge in [-0.1, -0.05) is 18.2 Å². The molecule has 1 aromatic heterocycles. The van der Waals surface area contributed by atoms with Crippen LogP contribution in [0.25, 0.3) is 0 Å². The van der Waals surface area contributed by atoms with Crippen LogP contribution in [-0.2, 0) is 0 Å². The normalized spacial score (nSPS) is 21.2. The number of hydrogen-bond donors (Lipinski definition) is 2. The second kappa shape index (κ2) is 6.02. The van der Waals surface area contributed by atoms with Crippen molar-refractivity contribution in [1.82, 2.24) is 20.1 Å². The highest BCUT2D eigenvalue weighted by molar-refractivity contribution is 5.89. The molecule has 2 heterocycles. The van der Waals surface area contributed by atoms with E-state index in [0.29, 0.717) is 5.92 Å². The molecular weight excluding hydrogens is 290 g/mol. The second-order valence-electron chi connectivity index (χ2n) is 6.35. The number of rotatable bonds is 3. The van der Waals surface area contributed by atoms with Gasteiger partial charge in [-0.05, 0) is 44.2 Å². The summed E-state index contributed by atoms with van der Waals surface area (Å²) in [7, 11) is 0. The summed E-state index contributed by atoms with van der Waals surface area (Å²) in [5.74, 6) is 2.26. The summed E-state index contributed by atoms with van der Waals surface area (Å²) >= 11 is 0. The maximum Gasteiger partial charge on any atom is 0.322 e. The summed E-state index contributed by atoms with van der Waals surface area (Å²) in [4.78, 5) is 19.2. The average molecular weight is 311 g/mol. The molecule has 0 radical (unpaired) electrons. The van der Waals surface area contributed by atoms with E-state index >= 15 is 0 Å². The van der Waals surface area contributed by atoms with Gasteiger partial charge in [0, 0.05) is 18.2 Å². The van der Waals surface area contributed by atoms with E-state index in [2.05, 4.69) is 20.5 Å². The number of para-hydroxylation sites is 1. The van der Waals surface area contributed by atoms with Crippen LogP contribution < -0.4 is 5.32 Å². The fourth-order valence-corrected chi connectivity index (χ4v) is 3.14. The maximum absolute atomic E-state index is 12.7. The molecule has 2 fully saturated rings. The molecule has 0 bridgehead atoms. The summed E-state index contributed by atoms with van der Waals surface area (Å²) in [6.45, 7) is 0.753. The van der Waals surface area contributed by atoms with E-state index in [1.54, 1.807) is 0 Å². The highest BCUT2D eigenvalue weighted by Gasteiger charge is 2.33. The lowest BCUT2D eigenvalue weighted by Gasteiger charge is -2.34. The highest BCUT2D eigenvalue weighted by Crippen LogP contribution is 2.39. The number of piperidine rings is 1. The first-order valence-electron chi connectivity index (χ1n) is 8.36. The van der Waals surface area contributed by atoms with Crippen molar-refractivity contribution in [3.8, 4) is 0 Å². The number of carbonyl (C=O) groups is 1. The van der Waals surface area contributed by atoms with E-state index in [9.17, 15) is 4.79 Å². The van der Waals surface area contributed by atoms with Crippen molar-refractivity contribution in [1.29, 1.82) is 0 Å². The van der Waals surface area contributed by atoms with Crippen molar-refractivity contribution in [2.45, 2.75) is 44.1 Å². The third kappa shape index (κ3) is 3.06. The lowest BCUT2D eigenvalue weighted by molar-refractivity contribution is 0.159. The van der Waals surface area contributed by atoms with Gasteiger partial charge < -0.3 is 10.2 Å². The van der Waals surface area contributed by atoms with E-state index in [-0.39, 0.29) is 12.1 Å². The van der Waals surface area contributed by atoms with Crippen LogP contribution >= 0.6 is 0 Å². The summed E-state index contributed by atoms with van der Waals surface area (Å²) in [5.41, 5.74) is 0.818. The second-order valence-corrected chi connectivity index (χ2v) is 6.35. The first-order valence-corrected chi connectivity index (χ1v) is 8.36. The van der Waals surface area contributed by atoms with Crippen molar-refractivity contribution in [3.63, 3.8) is 0 Å². The van der Waals surface area contributed by atoms with Crippen LogP contribution in [0.1, 0.15) is 55.7 Å². The fourth-order valence-electron chi connectivity index (χ4n) is 3.14. The molecule has 1 aliphatic carbocycles. The lowest BCUT2D eigenvalue weighted by Crippen LogP contribution is -2.41. The molecule has 6 nitrogen and oxygen atoms in total. The molecule has 120 valence electrons. The molecule has 6 heteroatoms. The Morgan fingerprint density at radius 1 is 1.17 bits per heavy atom. The van der Waals surface area contributed by atoms with Crippen molar-refractivity contribution >= 4 is 11.7 Å². The molecule has 1 atom stereocenters. The molecule has 2 N–H and O–H groups in total. The van der Waals surface area contributed by atoms with Gasteiger partial charge in [0.2, 0.25) is 0 Å². The quantitative estimate of drug-likeness (QED) is 0.912. The summed E-state index contributed by atoms with van der Waals surface area (Å²) in [5, 5.41) is 10.4. The van der Waals surface area contributed by atoms with Gasteiger partial charge in [0.1, 0.15) is 5.82 Å². The molecule has 23 heavy (non-hydrogen) atoms. The number of H-pyrrole nitrogens is 1. The third-order valence-electron chi connectivity index (χ3n) is 4.57. The Hall–Kier alpha value is -2.37. The smallest absolute Gasteiger partial charge is 0.314 e. The number of nitrogens with one attached hydrogen (secondary N) is 2.